The number of carbonyl (C=O) groups is 5. The van der Waals surface area contributed by atoms with Crippen LogP contribution in [-0.2, 0) is 30.4 Å². The van der Waals surface area contributed by atoms with Gasteiger partial charge in [-0.05, 0) is 49.8 Å². The average molecular weight is 560 g/mol. The van der Waals surface area contributed by atoms with E-state index in [4.69, 9.17) is 17.2 Å². The molecule has 1 aromatic heterocycles. The van der Waals surface area contributed by atoms with Crippen LogP contribution in [-0.4, -0.2) is 70.4 Å². The fourth-order valence-corrected chi connectivity index (χ4v) is 4.32. The van der Waals surface area contributed by atoms with E-state index in [1.54, 1.807) is 6.20 Å². The molecule has 4 atom stereocenters. The maximum absolute atomic E-state index is 13.4. The highest BCUT2D eigenvalue weighted by atomic mass is 16.4. The summed E-state index contributed by atoms with van der Waals surface area (Å²) in [6.45, 7) is 4.05. The van der Waals surface area contributed by atoms with Crippen molar-refractivity contribution in [3.63, 3.8) is 0 Å². The molecule has 0 aliphatic carbocycles. The van der Waals surface area contributed by atoms with E-state index in [1.165, 1.54) is 0 Å². The number of hydrogen-bond acceptors (Lipinski definition) is 7. The summed E-state index contributed by atoms with van der Waals surface area (Å²) in [4.78, 5) is 65.5. The molecular formula is C27H41N7O6. The van der Waals surface area contributed by atoms with E-state index < -0.39 is 60.2 Å². The Balaban J connectivity index is 2.32. The Bertz CT molecular complexity index is 1180. The fraction of sp³-hybridized carbons (Fsp3) is 0.519. The summed E-state index contributed by atoms with van der Waals surface area (Å²) >= 11 is 0. The van der Waals surface area contributed by atoms with Gasteiger partial charge in [0.25, 0.3) is 0 Å². The summed E-state index contributed by atoms with van der Waals surface area (Å²) in [7, 11) is 0. The Morgan fingerprint density at radius 3 is 2.17 bits per heavy atom. The number of aliphatic carboxylic acids is 1. The van der Waals surface area contributed by atoms with Crippen molar-refractivity contribution in [3.8, 4) is 0 Å². The molecule has 0 bridgehead atoms. The van der Waals surface area contributed by atoms with Crippen LogP contribution >= 0.6 is 0 Å². The Morgan fingerprint density at radius 2 is 1.55 bits per heavy atom. The second-order valence-electron chi connectivity index (χ2n) is 10.3. The van der Waals surface area contributed by atoms with Crippen LogP contribution in [0, 0.1) is 5.92 Å². The van der Waals surface area contributed by atoms with E-state index in [-0.39, 0.29) is 25.2 Å². The summed E-state index contributed by atoms with van der Waals surface area (Å²) in [5.41, 5.74) is 18.0. The van der Waals surface area contributed by atoms with Crippen molar-refractivity contribution in [2.45, 2.75) is 76.5 Å². The van der Waals surface area contributed by atoms with Gasteiger partial charge in [-0.25, -0.2) is 4.79 Å². The van der Waals surface area contributed by atoms with Crippen LogP contribution in [0.15, 0.2) is 30.5 Å². The maximum atomic E-state index is 13.4. The van der Waals surface area contributed by atoms with Gasteiger partial charge < -0.3 is 43.2 Å². The van der Waals surface area contributed by atoms with Gasteiger partial charge in [0.2, 0.25) is 23.6 Å². The lowest BCUT2D eigenvalue weighted by atomic mass is 10.0. The van der Waals surface area contributed by atoms with Crippen molar-refractivity contribution in [2.24, 2.45) is 23.1 Å². The first-order valence-corrected chi connectivity index (χ1v) is 13.4. The molecule has 0 fully saturated rings. The topological polar surface area (TPSA) is 236 Å². The number of nitrogens with two attached hydrogens (primary N) is 3. The van der Waals surface area contributed by atoms with Crippen LogP contribution in [0.5, 0.6) is 0 Å². The molecule has 4 amide bonds. The molecular weight excluding hydrogens is 518 g/mol. The summed E-state index contributed by atoms with van der Waals surface area (Å²) in [6.07, 6.45) is 2.86. The van der Waals surface area contributed by atoms with Crippen molar-refractivity contribution in [2.75, 3.05) is 6.54 Å². The molecule has 2 aromatic rings. The number of fused-ring (bicyclic) bond motifs is 1. The highest BCUT2D eigenvalue weighted by Gasteiger charge is 2.31. The number of hydrogen-bond donors (Lipinski definition) is 8. The molecule has 4 unspecified atom stereocenters. The van der Waals surface area contributed by atoms with Gasteiger partial charge in [0.05, 0.1) is 12.5 Å². The number of amides is 4. The zero-order valence-corrected chi connectivity index (χ0v) is 22.9. The number of carboxylic acid groups (broad SMARTS) is 1. The Labute approximate surface area is 233 Å². The largest absolute Gasteiger partial charge is 0.480 e. The molecule has 0 saturated carbocycles. The number of unbranched alkanes of at least 4 members (excludes halogenated alkanes) is 1. The minimum atomic E-state index is -1.25. The van der Waals surface area contributed by atoms with E-state index in [0.29, 0.717) is 19.4 Å². The highest BCUT2D eigenvalue weighted by molar-refractivity contribution is 5.95. The monoisotopic (exact) mass is 559 g/mol. The van der Waals surface area contributed by atoms with Crippen LogP contribution in [0.2, 0.25) is 0 Å². The van der Waals surface area contributed by atoms with Crippen LogP contribution < -0.4 is 33.2 Å². The van der Waals surface area contributed by atoms with Gasteiger partial charge in [0, 0.05) is 23.5 Å². The first-order chi connectivity index (χ1) is 18.9. The zero-order valence-electron chi connectivity index (χ0n) is 22.9. The van der Waals surface area contributed by atoms with Crippen molar-refractivity contribution in [3.05, 3.63) is 36.0 Å². The van der Waals surface area contributed by atoms with Crippen molar-refractivity contribution in [1.29, 1.82) is 0 Å². The second-order valence-corrected chi connectivity index (χ2v) is 10.3. The number of H-pyrrole nitrogens is 1. The molecule has 13 heteroatoms. The molecule has 11 N–H and O–H groups in total. The highest BCUT2D eigenvalue weighted by Crippen LogP contribution is 2.19. The summed E-state index contributed by atoms with van der Waals surface area (Å²) in [5, 5.41) is 18.3. The molecule has 2 rings (SSSR count). The smallest absolute Gasteiger partial charge is 0.326 e. The van der Waals surface area contributed by atoms with Crippen LogP contribution in [0.1, 0.15) is 51.5 Å². The Kier molecular flexibility index (Phi) is 12.6. The van der Waals surface area contributed by atoms with Gasteiger partial charge >= 0.3 is 5.97 Å². The molecule has 0 spiro atoms. The Hall–Kier alpha value is -3.97. The van der Waals surface area contributed by atoms with Gasteiger partial charge in [-0.1, -0.05) is 32.0 Å². The van der Waals surface area contributed by atoms with Crippen molar-refractivity contribution >= 4 is 40.5 Å². The van der Waals surface area contributed by atoms with E-state index >= 15 is 0 Å². The summed E-state index contributed by atoms with van der Waals surface area (Å²) < 4.78 is 0. The lowest BCUT2D eigenvalue weighted by Gasteiger charge is -2.25. The number of aromatic nitrogens is 1. The number of carbonyl (C=O) groups excluding carboxylic acids is 4. The number of rotatable bonds is 17. The summed E-state index contributed by atoms with van der Waals surface area (Å²) in [6, 6.07) is 2.79. The van der Waals surface area contributed by atoms with Crippen LogP contribution in [0.4, 0.5) is 0 Å². The van der Waals surface area contributed by atoms with E-state index in [9.17, 15) is 29.1 Å². The van der Waals surface area contributed by atoms with Gasteiger partial charge in [-0.15, -0.1) is 0 Å². The number of para-hydroxylation sites is 1. The number of primary amides is 1. The molecule has 40 heavy (non-hydrogen) atoms. The van der Waals surface area contributed by atoms with Gasteiger partial charge in [-0.3, -0.25) is 19.2 Å². The third-order valence-electron chi connectivity index (χ3n) is 6.39. The molecule has 0 aliphatic rings. The molecule has 0 aliphatic heterocycles. The Morgan fingerprint density at radius 1 is 0.925 bits per heavy atom. The normalized spacial score (nSPS) is 14.2. The van der Waals surface area contributed by atoms with Gasteiger partial charge in [0.1, 0.15) is 18.1 Å². The first-order valence-electron chi connectivity index (χ1n) is 13.4. The summed E-state index contributed by atoms with van der Waals surface area (Å²) in [5.74, 6) is -4.04. The van der Waals surface area contributed by atoms with Crippen molar-refractivity contribution in [1.82, 2.24) is 20.9 Å². The van der Waals surface area contributed by atoms with Gasteiger partial charge in [-0.2, -0.15) is 0 Å². The number of nitrogens with one attached hydrogen (secondary N) is 4. The maximum Gasteiger partial charge on any atom is 0.326 e. The molecule has 1 aromatic carbocycles. The fourth-order valence-electron chi connectivity index (χ4n) is 4.32. The van der Waals surface area contributed by atoms with Crippen LogP contribution in [0.3, 0.4) is 0 Å². The first kappa shape index (κ1) is 32.2. The minimum Gasteiger partial charge on any atom is -0.480 e. The van der Waals surface area contributed by atoms with E-state index in [0.717, 1.165) is 16.5 Å². The van der Waals surface area contributed by atoms with E-state index in [2.05, 4.69) is 20.9 Å². The lowest BCUT2D eigenvalue weighted by Crippen LogP contribution is -2.57. The zero-order chi connectivity index (χ0) is 29.8. The SMILES string of the molecule is CC(C)CC(NC(=O)C(Cc1c[nH]c2ccccc12)NC(=O)C(CCCCN)NC(=O)C(N)CC(N)=O)C(=O)O. The standard InChI is InChI=1S/C27H41N7O6/c1-15(2)11-22(27(39)40)34-26(38)21(12-16-14-31-19-8-4-3-7-17(16)19)33-25(37)20(9-5-6-10-28)32-24(36)18(29)13-23(30)35/h3-4,7-8,14-15,18,20-22,31H,5-6,9-13,28-29H2,1-2H3,(H2,30,35)(H,32,36)(H,33,37)(H,34,38)(H,39,40). The number of benzene rings is 1. The number of aromatic amines is 1. The van der Waals surface area contributed by atoms with E-state index in [1.807, 2.05) is 38.1 Å². The predicted octanol–water partition coefficient (Wildman–Crippen LogP) is -0.373. The molecule has 220 valence electrons. The minimum absolute atomic E-state index is 0.00481. The third-order valence-corrected chi connectivity index (χ3v) is 6.39. The molecule has 13 nitrogen and oxygen atoms in total. The quantitative estimate of drug-likeness (QED) is 0.119. The third kappa shape index (κ3) is 9.97. The second kappa shape index (κ2) is 15.6. The van der Waals surface area contributed by atoms with Gasteiger partial charge in [0.15, 0.2) is 0 Å². The predicted molar refractivity (Wildman–Crippen MR) is 150 cm³/mol. The molecule has 1 heterocycles. The molecule has 0 saturated heterocycles. The van der Waals surface area contributed by atoms with Crippen LogP contribution in [0.25, 0.3) is 10.9 Å². The lowest BCUT2D eigenvalue weighted by molar-refractivity contribution is -0.142. The average Bonchev–Trinajstić information content (AvgIpc) is 3.29. The molecule has 0 radical (unpaired) electrons. The van der Waals surface area contributed by atoms with Crippen molar-refractivity contribution < 1.29 is 29.1 Å². The number of carboxylic acids is 1.